The lowest BCUT2D eigenvalue weighted by Crippen LogP contribution is -2.27. The lowest BCUT2D eigenvalue weighted by atomic mass is 10.2. The molecule has 1 N–H and O–H groups in total. The molecule has 78 valence electrons. The van der Waals surface area contributed by atoms with Crippen LogP contribution < -0.4 is 9.47 Å². The summed E-state index contributed by atoms with van der Waals surface area (Å²) < 4.78 is 10.5. The van der Waals surface area contributed by atoms with Crippen LogP contribution in [0.15, 0.2) is 24.3 Å². The van der Waals surface area contributed by atoms with E-state index in [-0.39, 0.29) is 6.61 Å². The highest BCUT2D eigenvalue weighted by Gasteiger charge is 2.14. The van der Waals surface area contributed by atoms with Crippen molar-refractivity contribution in [3.05, 3.63) is 24.3 Å². The van der Waals surface area contributed by atoms with E-state index >= 15 is 0 Å². The number of rotatable bonds is 4. The van der Waals surface area contributed by atoms with Crippen LogP contribution in [0.4, 0.5) is 0 Å². The topological polar surface area (TPSA) is 38.7 Å². The quantitative estimate of drug-likeness (QED) is 0.798. The van der Waals surface area contributed by atoms with Gasteiger partial charge < -0.3 is 14.6 Å². The Morgan fingerprint density at radius 1 is 1.21 bits per heavy atom. The first-order chi connectivity index (χ1) is 6.53. The van der Waals surface area contributed by atoms with Crippen molar-refractivity contribution in [1.82, 2.24) is 0 Å². The van der Waals surface area contributed by atoms with Crippen molar-refractivity contribution in [1.29, 1.82) is 0 Å². The van der Waals surface area contributed by atoms with E-state index in [2.05, 4.69) is 0 Å². The molecule has 1 aromatic carbocycles. The molecular weight excluding hydrogens is 180 g/mol. The summed E-state index contributed by atoms with van der Waals surface area (Å²) in [5, 5.41) is 9.48. The zero-order valence-corrected chi connectivity index (χ0v) is 8.78. The van der Waals surface area contributed by atoms with Gasteiger partial charge in [-0.25, -0.2) is 0 Å². The number of para-hydroxylation sites is 2. The molecule has 0 fully saturated rings. The van der Waals surface area contributed by atoms with Gasteiger partial charge in [-0.15, -0.1) is 0 Å². The van der Waals surface area contributed by atoms with Crippen molar-refractivity contribution in [2.24, 2.45) is 0 Å². The molecule has 0 saturated carbocycles. The highest BCUT2D eigenvalue weighted by molar-refractivity contribution is 5.39. The molecule has 0 aliphatic rings. The first-order valence-electron chi connectivity index (χ1n) is 4.51. The van der Waals surface area contributed by atoms with Crippen molar-refractivity contribution in [3.8, 4) is 11.5 Å². The van der Waals surface area contributed by atoms with Crippen molar-refractivity contribution < 1.29 is 14.6 Å². The maximum absolute atomic E-state index is 9.48. The van der Waals surface area contributed by atoms with Crippen molar-refractivity contribution in [2.75, 3.05) is 13.7 Å². The van der Waals surface area contributed by atoms with Crippen LogP contribution in [0.5, 0.6) is 11.5 Å². The molecule has 0 spiro atoms. The largest absolute Gasteiger partial charge is 0.493 e. The van der Waals surface area contributed by atoms with Gasteiger partial charge in [-0.2, -0.15) is 0 Å². The number of hydrogen-bond donors (Lipinski definition) is 1. The smallest absolute Gasteiger partial charge is 0.161 e. The fourth-order valence-corrected chi connectivity index (χ4v) is 0.992. The molecule has 0 atom stereocenters. The Morgan fingerprint density at radius 3 is 2.29 bits per heavy atom. The number of ether oxygens (including phenoxy) is 2. The molecule has 14 heavy (non-hydrogen) atoms. The van der Waals surface area contributed by atoms with Gasteiger partial charge in [-0.05, 0) is 26.0 Å². The van der Waals surface area contributed by atoms with E-state index < -0.39 is 5.60 Å². The molecule has 0 aliphatic carbocycles. The normalized spacial score (nSPS) is 11.1. The highest BCUT2D eigenvalue weighted by Crippen LogP contribution is 2.26. The van der Waals surface area contributed by atoms with Crippen molar-refractivity contribution >= 4 is 0 Å². The minimum atomic E-state index is -0.832. The summed E-state index contributed by atoms with van der Waals surface area (Å²) in [6, 6.07) is 7.36. The Kier molecular flexibility index (Phi) is 3.36. The molecule has 1 aromatic rings. The lowest BCUT2D eigenvalue weighted by Gasteiger charge is -2.18. The highest BCUT2D eigenvalue weighted by atomic mass is 16.5. The van der Waals surface area contributed by atoms with Crippen LogP contribution in [0.25, 0.3) is 0 Å². The maximum atomic E-state index is 9.48. The lowest BCUT2D eigenvalue weighted by molar-refractivity contribution is 0.0276. The number of benzene rings is 1. The second-order valence-corrected chi connectivity index (χ2v) is 3.75. The van der Waals surface area contributed by atoms with Gasteiger partial charge >= 0.3 is 0 Å². The van der Waals surface area contributed by atoms with Gasteiger partial charge in [-0.3, -0.25) is 0 Å². The third-order valence-electron chi connectivity index (χ3n) is 1.65. The predicted molar refractivity (Wildman–Crippen MR) is 54.8 cm³/mol. The van der Waals surface area contributed by atoms with E-state index in [1.54, 1.807) is 21.0 Å². The van der Waals surface area contributed by atoms with Crippen LogP contribution in [0.1, 0.15) is 13.8 Å². The second-order valence-electron chi connectivity index (χ2n) is 3.75. The Balaban J connectivity index is 2.67. The SMILES string of the molecule is COc1ccccc1OCC(C)(C)O. The summed E-state index contributed by atoms with van der Waals surface area (Å²) in [6.45, 7) is 3.64. The van der Waals surface area contributed by atoms with Crippen LogP contribution in [0.2, 0.25) is 0 Å². The van der Waals surface area contributed by atoms with E-state index in [1.807, 2.05) is 24.3 Å². The van der Waals surface area contributed by atoms with Gasteiger partial charge in [0.25, 0.3) is 0 Å². The number of aliphatic hydroxyl groups is 1. The molecule has 0 unspecified atom stereocenters. The fraction of sp³-hybridized carbons (Fsp3) is 0.455. The summed E-state index contributed by atoms with van der Waals surface area (Å²) in [5.41, 5.74) is -0.832. The van der Waals surface area contributed by atoms with Crippen molar-refractivity contribution in [3.63, 3.8) is 0 Å². The first-order valence-corrected chi connectivity index (χ1v) is 4.51. The molecule has 3 heteroatoms. The summed E-state index contributed by atoms with van der Waals surface area (Å²) in [6.07, 6.45) is 0. The summed E-state index contributed by atoms with van der Waals surface area (Å²) in [7, 11) is 1.59. The molecule has 0 radical (unpaired) electrons. The van der Waals surface area contributed by atoms with E-state index in [0.29, 0.717) is 11.5 Å². The fourth-order valence-electron chi connectivity index (χ4n) is 0.992. The van der Waals surface area contributed by atoms with E-state index in [9.17, 15) is 5.11 Å². The average Bonchev–Trinajstić information content (AvgIpc) is 2.14. The average molecular weight is 196 g/mol. The van der Waals surface area contributed by atoms with Crippen LogP contribution in [-0.4, -0.2) is 24.4 Å². The van der Waals surface area contributed by atoms with Crippen LogP contribution in [-0.2, 0) is 0 Å². The van der Waals surface area contributed by atoms with Gasteiger partial charge in [0.05, 0.1) is 12.7 Å². The molecule has 0 heterocycles. The Labute approximate surface area is 84.3 Å². The Hall–Kier alpha value is -1.22. The molecule has 0 amide bonds. The van der Waals surface area contributed by atoms with Crippen molar-refractivity contribution in [2.45, 2.75) is 19.4 Å². The molecular formula is C11H16O3. The zero-order valence-electron chi connectivity index (χ0n) is 8.78. The maximum Gasteiger partial charge on any atom is 0.161 e. The minimum absolute atomic E-state index is 0.243. The van der Waals surface area contributed by atoms with Gasteiger partial charge in [0.1, 0.15) is 6.61 Å². The summed E-state index contributed by atoms with van der Waals surface area (Å²) >= 11 is 0. The molecule has 1 rings (SSSR count). The van der Waals surface area contributed by atoms with Gasteiger partial charge in [-0.1, -0.05) is 12.1 Å². The van der Waals surface area contributed by atoms with Crippen LogP contribution in [0, 0.1) is 0 Å². The minimum Gasteiger partial charge on any atom is -0.493 e. The van der Waals surface area contributed by atoms with E-state index in [4.69, 9.17) is 9.47 Å². The van der Waals surface area contributed by atoms with Gasteiger partial charge in [0.2, 0.25) is 0 Å². The summed E-state index contributed by atoms with van der Waals surface area (Å²) in [4.78, 5) is 0. The Morgan fingerprint density at radius 2 is 1.79 bits per heavy atom. The predicted octanol–water partition coefficient (Wildman–Crippen LogP) is 1.84. The first kappa shape index (κ1) is 10.9. The van der Waals surface area contributed by atoms with E-state index in [1.165, 1.54) is 0 Å². The molecule has 0 aromatic heterocycles. The van der Waals surface area contributed by atoms with Crippen LogP contribution >= 0.6 is 0 Å². The van der Waals surface area contributed by atoms with E-state index in [0.717, 1.165) is 0 Å². The molecule has 3 nitrogen and oxygen atoms in total. The third-order valence-corrected chi connectivity index (χ3v) is 1.65. The zero-order chi connectivity index (χ0) is 10.6. The van der Waals surface area contributed by atoms with Gasteiger partial charge in [0.15, 0.2) is 11.5 Å². The number of methoxy groups -OCH3 is 1. The molecule has 0 aliphatic heterocycles. The second kappa shape index (κ2) is 4.33. The summed E-state index contributed by atoms with van der Waals surface area (Å²) in [5.74, 6) is 1.33. The monoisotopic (exact) mass is 196 g/mol. The van der Waals surface area contributed by atoms with Crippen LogP contribution in [0.3, 0.4) is 0 Å². The molecule has 0 bridgehead atoms. The number of hydrogen-bond acceptors (Lipinski definition) is 3. The Bertz CT molecular complexity index is 289. The molecule has 0 saturated heterocycles. The third kappa shape index (κ3) is 3.26. The standard InChI is InChI=1S/C11H16O3/c1-11(2,12)8-14-10-7-5-4-6-9(10)13-3/h4-7,12H,8H2,1-3H3. The van der Waals surface area contributed by atoms with Gasteiger partial charge in [0, 0.05) is 0 Å².